The van der Waals surface area contributed by atoms with Gasteiger partial charge >= 0.3 is 12.3 Å². The standard InChI is InChI=1S/C15H18F3NO3S/c16-15(17,18)13-4-1-3-12(11-13)5-6-19-14(21)22-8-2-9-23-10-7-20/h1,3-4,7,11H,2,5-6,8-10H2,(H,19,21). The van der Waals surface area contributed by atoms with Crippen LogP contribution in [0.5, 0.6) is 0 Å². The summed E-state index contributed by atoms with van der Waals surface area (Å²) in [5.74, 6) is 1.14. The topological polar surface area (TPSA) is 55.4 Å². The van der Waals surface area contributed by atoms with Gasteiger partial charge < -0.3 is 14.8 Å². The van der Waals surface area contributed by atoms with Crippen molar-refractivity contribution in [2.24, 2.45) is 0 Å². The molecule has 0 aliphatic carbocycles. The SMILES string of the molecule is O=CCSCCCOC(=O)NCCc1cccc(C(F)(F)F)c1. The maximum absolute atomic E-state index is 12.6. The fraction of sp³-hybridized carbons (Fsp3) is 0.467. The number of rotatable bonds is 9. The minimum Gasteiger partial charge on any atom is -0.450 e. The predicted molar refractivity (Wildman–Crippen MR) is 82.5 cm³/mol. The van der Waals surface area contributed by atoms with Gasteiger partial charge in [-0.2, -0.15) is 24.9 Å². The number of ether oxygens (including phenoxy) is 1. The number of nitrogens with one attached hydrogen (secondary N) is 1. The number of aldehydes is 1. The molecule has 1 N–H and O–H groups in total. The van der Waals surface area contributed by atoms with E-state index in [1.165, 1.54) is 17.8 Å². The van der Waals surface area contributed by atoms with E-state index in [4.69, 9.17) is 4.74 Å². The maximum atomic E-state index is 12.6. The van der Waals surface area contributed by atoms with Gasteiger partial charge in [0, 0.05) is 12.3 Å². The molecule has 0 aliphatic heterocycles. The first-order chi connectivity index (χ1) is 10.9. The Morgan fingerprint density at radius 2 is 2.13 bits per heavy atom. The fourth-order valence-corrected chi connectivity index (χ4v) is 2.31. The minimum absolute atomic E-state index is 0.194. The Kier molecular flexibility index (Phi) is 8.53. The summed E-state index contributed by atoms with van der Waals surface area (Å²) in [5, 5.41) is 2.49. The largest absolute Gasteiger partial charge is 0.450 e. The number of thioether (sulfide) groups is 1. The van der Waals surface area contributed by atoms with Crippen LogP contribution in [0.1, 0.15) is 17.5 Å². The van der Waals surface area contributed by atoms with Crippen molar-refractivity contribution in [2.45, 2.75) is 19.0 Å². The van der Waals surface area contributed by atoms with Crippen LogP contribution in [-0.2, 0) is 22.1 Å². The zero-order valence-corrected chi connectivity index (χ0v) is 13.2. The molecule has 0 spiro atoms. The number of alkyl carbamates (subject to hydrolysis) is 1. The van der Waals surface area contributed by atoms with Crippen LogP contribution < -0.4 is 5.32 Å². The van der Waals surface area contributed by atoms with Gasteiger partial charge in [-0.3, -0.25) is 0 Å². The first-order valence-corrected chi connectivity index (χ1v) is 8.17. The number of halogens is 3. The molecule has 0 saturated carbocycles. The Hall–Kier alpha value is -1.70. The third-order valence-corrected chi connectivity index (χ3v) is 3.74. The second-order valence-electron chi connectivity index (χ2n) is 4.61. The Morgan fingerprint density at radius 3 is 2.83 bits per heavy atom. The molecule has 23 heavy (non-hydrogen) atoms. The van der Waals surface area contributed by atoms with Gasteiger partial charge in [0.05, 0.1) is 12.2 Å². The number of hydrogen-bond donors (Lipinski definition) is 1. The van der Waals surface area contributed by atoms with Crippen molar-refractivity contribution in [1.29, 1.82) is 0 Å². The summed E-state index contributed by atoms with van der Waals surface area (Å²) in [4.78, 5) is 21.5. The lowest BCUT2D eigenvalue weighted by atomic mass is 10.1. The molecule has 0 atom stereocenters. The summed E-state index contributed by atoms with van der Waals surface area (Å²) in [6, 6.07) is 4.99. The van der Waals surface area contributed by atoms with E-state index in [1.807, 2.05) is 0 Å². The van der Waals surface area contributed by atoms with Crippen LogP contribution in [0.15, 0.2) is 24.3 Å². The van der Waals surface area contributed by atoms with Gasteiger partial charge in [0.2, 0.25) is 0 Å². The summed E-state index contributed by atoms with van der Waals surface area (Å²) in [6.07, 6.45) is -3.23. The molecule has 0 saturated heterocycles. The Morgan fingerprint density at radius 1 is 1.35 bits per heavy atom. The van der Waals surface area contributed by atoms with Crippen molar-refractivity contribution in [3.8, 4) is 0 Å². The van der Waals surface area contributed by atoms with Crippen LogP contribution in [-0.4, -0.2) is 37.0 Å². The van der Waals surface area contributed by atoms with E-state index in [1.54, 1.807) is 6.07 Å². The van der Waals surface area contributed by atoms with Gasteiger partial charge in [-0.1, -0.05) is 18.2 Å². The molecule has 4 nitrogen and oxygen atoms in total. The van der Waals surface area contributed by atoms with Gasteiger partial charge in [0.25, 0.3) is 0 Å². The molecule has 1 aromatic carbocycles. The quantitative estimate of drug-likeness (QED) is 0.549. The zero-order valence-electron chi connectivity index (χ0n) is 12.4. The van der Waals surface area contributed by atoms with Crippen molar-refractivity contribution < 1.29 is 27.5 Å². The lowest BCUT2D eigenvalue weighted by molar-refractivity contribution is -0.137. The van der Waals surface area contributed by atoms with E-state index in [2.05, 4.69) is 5.32 Å². The third kappa shape index (κ3) is 8.49. The molecule has 0 fully saturated rings. The molecule has 0 bridgehead atoms. The first-order valence-electron chi connectivity index (χ1n) is 7.01. The number of alkyl halides is 3. The normalized spacial score (nSPS) is 11.1. The number of carbonyl (C=O) groups excluding carboxylic acids is 2. The number of amides is 1. The molecule has 0 unspecified atom stereocenters. The van der Waals surface area contributed by atoms with Crippen molar-refractivity contribution in [3.05, 3.63) is 35.4 Å². The van der Waals surface area contributed by atoms with E-state index >= 15 is 0 Å². The minimum atomic E-state index is -4.37. The van der Waals surface area contributed by atoms with Crippen LogP contribution in [0.25, 0.3) is 0 Å². The van der Waals surface area contributed by atoms with Crippen LogP contribution in [0.2, 0.25) is 0 Å². The number of benzene rings is 1. The average molecular weight is 349 g/mol. The average Bonchev–Trinajstić information content (AvgIpc) is 2.50. The van der Waals surface area contributed by atoms with Gasteiger partial charge in [-0.05, 0) is 30.2 Å². The van der Waals surface area contributed by atoms with E-state index < -0.39 is 17.8 Å². The lowest BCUT2D eigenvalue weighted by Crippen LogP contribution is -2.27. The molecule has 1 amide bonds. The van der Waals surface area contributed by atoms with Crippen molar-refractivity contribution in [2.75, 3.05) is 24.7 Å². The monoisotopic (exact) mass is 349 g/mol. The number of carbonyl (C=O) groups is 2. The molecule has 1 rings (SSSR count). The molecule has 128 valence electrons. The highest BCUT2D eigenvalue weighted by atomic mass is 32.2. The van der Waals surface area contributed by atoms with E-state index in [0.29, 0.717) is 17.7 Å². The summed E-state index contributed by atoms with van der Waals surface area (Å²) in [5.41, 5.74) is -0.212. The van der Waals surface area contributed by atoms with Crippen LogP contribution in [0.3, 0.4) is 0 Å². The molecular formula is C15H18F3NO3S. The summed E-state index contributed by atoms with van der Waals surface area (Å²) in [7, 11) is 0. The summed E-state index contributed by atoms with van der Waals surface area (Å²) in [6.45, 7) is 0.432. The molecule has 0 radical (unpaired) electrons. The second kappa shape index (κ2) is 10.1. The van der Waals surface area contributed by atoms with Crippen LogP contribution in [0, 0.1) is 0 Å². The van der Waals surface area contributed by atoms with Crippen molar-refractivity contribution in [3.63, 3.8) is 0 Å². The molecule has 0 heterocycles. The molecule has 8 heteroatoms. The Bertz CT molecular complexity index is 509. The predicted octanol–water partition coefficient (Wildman–Crippen LogP) is 3.30. The smallest absolute Gasteiger partial charge is 0.416 e. The van der Waals surface area contributed by atoms with Gasteiger partial charge in [0.1, 0.15) is 6.29 Å². The second-order valence-corrected chi connectivity index (χ2v) is 5.76. The molecule has 0 aliphatic rings. The zero-order chi connectivity index (χ0) is 17.1. The molecule has 1 aromatic rings. The Balaban J connectivity index is 2.21. The van der Waals surface area contributed by atoms with Gasteiger partial charge in [0.15, 0.2) is 0 Å². The summed E-state index contributed by atoms with van der Waals surface area (Å²) >= 11 is 1.45. The van der Waals surface area contributed by atoms with Crippen LogP contribution in [0.4, 0.5) is 18.0 Å². The van der Waals surface area contributed by atoms with E-state index in [0.717, 1.165) is 24.2 Å². The van der Waals surface area contributed by atoms with Crippen molar-refractivity contribution in [1.82, 2.24) is 5.32 Å². The molecular weight excluding hydrogens is 331 g/mol. The summed E-state index contributed by atoms with van der Waals surface area (Å²) < 4.78 is 42.6. The van der Waals surface area contributed by atoms with Gasteiger partial charge in [-0.15, -0.1) is 0 Å². The lowest BCUT2D eigenvalue weighted by Gasteiger charge is -2.09. The van der Waals surface area contributed by atoms with E-state index in [-0.39, 0.29) is 19.6 Å². The highest BCUT2D eigenvalue weighted by Gasteiger charge is 2.30. The number of hydrogen-bond acceptors (Lipinski definition) is 4. The van der Waals surface area contributed by atoms with Gasteiger partial charge in [-0.25, -0.2) is 4.79 Å². The third-order valence-electron chi connectivity index (χ3n) is 2.79. The highest BCUT2D eigenvalue weighted by Crippen LogP contribution is 2.29. The first kappa shape index (κ1) is 19.3. The van der Waals surface area contributed by atoms with Crippen LogP contribution >= 0.6 is 11.8 Å². The van der Waals surface area contributed by atoms with E-state index in [9.17, 15) is 22.8 Å². The van der Waals surface area contributed by atoms with Crippen molar-refractivity contribution >= 4 is 24.1 Å². The Labute approximate surface area is 136 Å². The molecule has 0 aromatic heterocycles. The maximum Gasteiger partial charge on any atom is 0.416 e. The fourth-order valence-electron chi connectivity index (χ4n) is 1.72. The highest BCUT2D eigenvalue weighted by molar-refractivity contribution is 7.99.